The van der Waals surface area contributed by atoms with Crippen LogP contribution in [0.15, 0.2) is 29.2 Å². The summed E-state index contributed by atoms with van der Waals surface area (Å²) in [4.78, 5) is 22.7. The monoisotopic (exact) mass is 274 g/mol. The van der Waals surface area contributed by atoms with Crippen molar-refractivity contribution in [3.63, 3.8) is 0 Å². The Morgan fingerprint density at radius 1 is 1.35 bits per heavy atom. The van der Waals surface area contributed by atoms with Crippen LogP contribution in [0.25, 0.3) is 0 Å². The topological polar surface area (TPSA) is 90.0 Å². The molecule has 2 aromatic rings. The molecule has 104 valence electrons. The minimum absolute atomic E-state index is 0.0351. The first-order chi connectivity index (χ1) is 9.66. The Labute approximate surface area is 114 Å². The Bertz CT molecular complexity index is 700. The number of nitrogens with zero attached hydrogens (tertiary/aromatic N) is 4. The van der Waals surface area contributed by atoms with Crippen LogP contribution >= 0.6 is 0 Å². The van der Waals surface area contributed by atoms with E-state index in [2.05, 4.69) is 10.3 Å². The first-order valence-electron chi connectivity index (χ1n) is 6.49. The molecule has 1 aliphatic carbocycles. The zero-order chi connectivity index (χ0) is 14.1. The van der Waals surface area contributed by atoms with E-state index < -0.39 is 5.97 Å². The smallest absolute Gasteiger partial charge is 0.358 e. The molecule has 7 nitrogen and oxygen atoms in total. The van der Waals surface area contributed by atoms with Crippen LogP contribution in [-0.2, 0) is 13.1 Å². The highest BCUT2D eigenvalue weighted by Crippen LogP contribution is 2.41. The zero-order valence-electron chi connectivity index (χ0n) is 10.8. The molecule has 0 radical (unpaired) electrons. The zero-order valence-corrected chi connectivity index (χ0v) is 10.8. The lowest BCUT2D eigenvalue weighted by Crippen LogP contribution is -2.21. The maximum absolute atomic E-state index is 11.6. The second kappa shape index (κ2) is 4.92. The van der Waals surface area contributed by atoms with E-state index in [1.165, 1.54) is 6.07 Å². The lowest BCUT2D eigenvalue weighted by molar-refractivity contribution is 0.0689. The Morgan fingerprint density at radius 2 is 2.15 bits per heavy atom. The lowest BCUT2D eigenvalue weighted by Gasteiger charge is -2.07. The number of carboxylic acids is 1. The summed E-state index contributed by atoms with van der Waals surface area (Å²) >= 11 is 0. The normalized spacial score (nSPS) is 14.4. The largest absolute Gasteiger partial charge is 0.476 e. The number of carboxylic acid groups (broad SMARTS) is 1. The summed E-state index contributed by atoms with van der Waals surface area (Å²) in [6, 6.07) is 4.96. The molecule has 20 heavy (non-hydrogen) atoms. The number of aryl methyl sites for hydroxylation is 2. The molecule has 1 N–H and O–H groups in total. The summed E-state index contributed by atoms with van der Waals surface area (Å²) in [7, 11) is 0. The summed E-state index contributed by atoms with van der Waals surface area (Å²) in [6.07, 6.45) is 3.64. The fourth-order valence-electron chi connectivity index (χ4n) is 2.25. The molecule has 2 aromatic heterocycles. The molecule has 0 unspecified atom stereocenters. The Morgan fingerprint density at radius 3 is 2.80 bits per heavy atom. The molecule has 3 rings (SSSR count). The van der Waals surface area contributed by atoms with E-state index in [-0.39, 0.29) is 17.2 Å². The van der Waals surface area contributed by atoms with E-state index in [0.29, 0.717) is 18.8 Å². The predicted octanol–water partition coefficient (Wildman–Crippen LogP) is 0.716. The summed E-state index contributed by atoms with van der Waals surface area (Å²) in [5.74, 6) is -0.807. The molecule has 7 heteroatoms. The highest BCUT2D eigenvalue weighted by molar-refractivity contribution is 5.86. The first-order valence-corrected chi connectivity index (χ1v) is 6.49. The van der Waals surface area contributed by atoms with Gasteiger partial charge in [-0.15, -0.1) is 5.10 Å². The fourth-order valence-corrected chi connectivity index (χ4v) is 2.25. The van der Waals surface area contributed by atoms with Crippen LogP contribution in [0.3, 0.4) is 0 Å². The third-order valence-corrected chi connectivity index (χ3v) is 3.39. The average molecular weight is 274 g/mol. The van der Waals surface area contributed by atoms with E-state index in [1.54, 1.807) is 27.6 Å². The van der Waals surface area contributed by atoms with Gasteiger partial charge in [0.05, 0.1) is 12.2 Å². The maximum Gasteiger partial charge on any atom is 0.358 e. The molecule has 1 aliphatic rings. The second-order valence-corrected chi connectivity index (χ2v) is 4.86. The highest BCUT2D eigenvalue weighted by Gasteiger charge is 2.33. The van der Waals surface area contributed by atoms with Crippen molar-refractivity contribution in [2.75, 3.05) is 0 Å². The van der Waals surface area contributed by atoms with Gasteiger partial charge in [0.25, 0.3) is 5.56 Å². The van der Waals surface area contributed by atoms with Gasteiger partial charge >= 0.3 is 5.97 Å². The van der Waals surface area contributed by atoms with Crippen molar-refractivity contribution in [2.24, 2.45) is 0 Å². The standard InChI is InChI=1S/C13H14N4O3/c18-10-3-1-2-6-16(10)7-8-17-12(9-4-5-9)11(13(19)20)14-15-17/h1-3,6,9H,4-5,7-8H2,(H,19,20). The third-order valence-electron chi connectivity index (χ3n) is 3.39. The van der Waals surface area contributed by atoms with E-state index in [4.69, 9.17) is 5.11 Å². The van der Waals surface area contributed by atoms with Crippen LogP contribution in [-0.4, -0.2) is 30.6 Å². The van der Waals surface area contributed by atoms with Gasteiger partial charge in [-0.05, 0) is 18.9 Å². The van der Waals surface area contributed by atoms with Crippen molar-refractivity contribution in [1.29, 1.82) is 0 Å². The van der Waals surface area contributed by atoms with Gasteiger partial charge in [-0.1, -0.05) is 11.3 Å². The molecule has 1 fully saturated rings. The van der Waals surface area contributed by atoms with Gasteiger partial charge in [0.1, 0.15) is 0 Å². The van der Waals surface area contributed by atoms with E-state index in [1.807, 2.05) is 0 Å². The Hall–Kier alpha value is -2.44. The van der Waals surface area contributed by atoms with E-state index in [0.717, 1.165) is 12.8 Å². The van der Waals surface area contributed by atoms with Crippen molar-refractivity contribution in [3.8, 4) is 0 Å². The molecule has 0 atom stereocenters. The minimum Gasteiger partial charge on any atom is -0.476 e. The quantitative estimate of drug-likeness (QED) is 0.867. The van der Waals surface area contributed by atoms with Gasteiger partial charge in [-0.3, -0.25) is 4.79 Å². The van der Waals surface area contributed by atoms with Gasteiger partial charge in [0.2, 0.25) is 0 Å². The van der Waals surface area contributed by atoms with Crippen LogP contribution in [0.1, 0.15) is 34.9 Å². The van der Waals surface area contributed by atoms with Crippen LogP contribution in [0.4, 0.5) is 0 Å². The van der Waals surface area contributed by atoms with Crippen molar-refractivity contribution in [1.82, 2.24) is 19.6 Å². The number of aromatic carboxylic acids is 1. The number of aromatic nitrogens is 4. The fraction of sp³-hybridized carbons (Fsp3) is 0.385. The molecular formula is C13H14N4O3. The summed E-state index contributed by atoms with van der Waals surface area (Å²) in [5, 5.41) is 16.8. The number of carbonyl (C=O) groups is 1. The molecule has 0 spiro atoms. The number of hydrogen-bond donors (Lipinski definition) is 1. The molecule has 0 amide bonds. The third kappa shape index (κ3) is 2.34. The molecular weight excluding hydrogens is 260 g/mol. The predicted molar refractivity (Wildman–Crippen MR) is 69.7 cm³/mol. The van der Waals surface area contributed by atoms with Crippen molar-refractivity contribution >= 4 is 5.97 Å². The molecule has 0 saturated heterocycles. The summed E-state index contributed by atoms with van der Waals surface area (Å²) in [5.41, 5.74) is 0.633. The van der Waals surface area contributed by atoms with Crippen LogP contribution in [0, 0.1) is 0 Å². The Kier molecular flexibility index (Phi) is 3.09. The van der Waals surface area contributed by atoms with Crippen LogP contribution in [0.2, 0.25) is 0 Å². The SMILES string of the molecule is O=C(O)c1nnn(CCn2ccccc2=O)c1C1CC1. The summed E-state index contributed by atoms with van der Waals surface area (Å²) in [6.45, 7) is 0.887. The first kappa shape index (κ1) is 12.6. The maximum atomic E-state index is 11.6. The number of rotatable bonds is 5. The minimum atomic E-state index is -1.05. The second-order valence-electron chi connectivity index (χ2n) is 4.86. The highest BCUT2D eigenvalue weighted by atomic mass is 16.4. The van der Waals surface area contributed by atoms with Gasteiger partial charge < -0.3 is 9.67 Å². The molecule has 0 aliphatic heterocycles. The van der Waals surface area contributed by atoms with E-state index in [9.17, 15) is 9.59 Å². The molecule has 2 heterocycles. The number of hydrogen-bond acceptors (Lipinski definition) is 4. The molecule has 1 saturated carbocycles. The van der Waals surface area contributed by atoms with E-state index >= 15 is 0 Å². The number of pyridine rings is 1. The van der Waals surface area contributed by atoms with Gasteiger partial charge in [-0.25, -0.2) is 9.48 Å². The molecule has 0 aromatic carbocycles. The molecule has 0 bridgehead atoms. The van der Waals surface area contributed by atoms with Crippen molar-refractivity contribution in [3.05, 3.63) is 46.1 Å². The van der Waals surface area contributed by atoms with Gasteiger partial charge in [0, 0.05) is 24.7 Å². The van der Waals surface area contributed by atoms with Gasteiger partial charge in [-0.2, -0.15) is 0 Å². The lowest BCUT2D eigenvalue weighted by atomic mass is 10.2. The van der Waals surface area contributed by atoms with Crippen molar-refractivity contribution in [2.45, 2.75) is 31.8 Å². The average Bonchev–Trinajstić information content (AvgIpc) is 3.17. The van der Waals surface area contributed by atoms with Crippen molar-refractivity contribution < 1.29 is 9.90 Å². The summed E-state index contributed by atoms with van der Waals surface area (Å²) < 4.78 is 3.18. The van der Waals surface area contributed by atoms with Crippen LogP contribution in [0.5, 0.6) is 0 Å². The van der Waals surface area contributed by atoms with Crippen LogP contribution < -0.4 is 5.56 Å². The Balaban J connectivity index is 1.83. The van der Waals surface area contributed by atoms with Gasteiger partial charge in [0.15, 0.2) is 5.69 Å².